The fourth-order valence-corrected chi connectivity index (χ4v) is 16.0. The summed E-state index contributed by atoms with van der Waals surface area (Å²) in [5, 5.41) is 41.1. The number of phenols is 1. The standard InChI is InChI=1S/C59H54N14O10S6/c1-27-41(83-59(82)72-17-7-4-8-18-72)21-73-46(27)57-69-40(26-88-57)54-65-36(22-85-54)44-32(15-16-33(62-44)53-66-37(23-86-53)48(61)77)52-67-38(24-84-52)49(78)63-34(20-42(60)75)55-71-43(28(2)89-55)51(80)70-45(47(76)30-9-5-3-6-10-30)56-68-39(25-87-56)50(79)64-35(58(73)81)19-29-11-13-31(74)14-12-29/h3,5-6,9-16,22-27,34-35,41,45-47,74,76H,4,7-8,17-21H2,1-2H3,(H2,60,75)(H2,61,77)(H,63,78)(H,64,79)(H,70,80)/t27-,34-,35-,41-,45-,46+,47+/m0/s1. The van der Waals surface area contributed by atoms with Gasteiger partial charge in [0.05, 0.1) is 30.7 Å². The van der Waals surface area contributed by atoms with Crippen LogP contribution >= 0.6 is 68.0 Å². The summed E-state index contributed by atoms with van der Waals surface area (Å²) in [6.45, 7) is 4.53. The Hall–Kier alpha value is -8.78. The minimum atomic E-state index is -1.42. The average molecular weight is 1310 g/mol. The van der Waals surface area contributed by atoms with Gasteiger partial charge in [-0.05, 0) is 61.6 Å². The molecule has 24 nitrogen and oxygen atoms in total. The van der Waals surface area contributed by atoms with Crippen molar-refractivity contribution in [1.29, 1.82) is 0 Å². The molecule has 3 aliphatic heterocycles. The van der Waals surface area contributed by atoms with Gasteiger partial charge in [-0.15, -0.1) is 68.0 Å². The monoisotopic (exact) mass is 1310 g/mol. The minimum absolute atomic E-state index is 0.0105. The maximum atomic E-state index is 15.7. The molecule has 0 spiro atoms. The number of primary amides is 2. The van der Waals surface area contributed by atoms with Crippen molar-refractivity contribution in [3.05, 3.63) is 147 Å². The molecule has 10 bridgehead atoms. The molecule has 0 saturated carbocycles. The lowest BCUT2D eigenvalue weighted by atomic mass is 10.00. The van der Waals surface area contributed by atoms with Crippen molar-refractivity contribution in [2.75, 3.05) is 19.6 Å². The van der Waals surface area contributed by atoms with E-state index in [4.69, 9.17) is 36.1 Å². The number of carbonyl (C=O) groups excluding carboxylic acids is 7. The molecular formula is C59H54N14O10S6. The molecule has 89 heavy (non-hydrogen) atoms. The molecule has 7 atom stereocenters. The number of aliphatic hydroxyl groups excluding tert-OH is 1. The lowest BCUT2D eigenvalue weighted by molar-refractivity contribution is -0.134. The van der Waals surface area contributed by atoms with Gasteiger partial charge in [0, 0.05) is 62.8 Å². The van der Waals surface area contributed by atoms with E-state index in [1.807, 2.05) is 12.3 Å². The van der Waals surface area contributed by atoms with Crippen LogP contribution in [-0.2, 0) is 20.7 Å². The first kappa shape index (κ1) is 60.5. The van der Waals surface area contributed by atoms with Gasteiger partial charge >= 0.3 is 6.09 Å². The van der Waals surface area contributed by atoms with E-state index in [9.17, 15) is 39.0 Å². The molecule has 2 saturated heterocycles. The van der Waals surface area contributed by atoms with Gasteiger partial charge in [0.15, 0.2) is 0 Å². The first-order valence-electron chi connectivity index (χ1n) is 28.0. The SMILES string of the molecule is Cc1sc2nc1C(=O)N[C@@H]([C@H](O)c1ccccc1)c1nc(cs1)C(=O)N[C@@H](Cc1ccc(O)cc1)C(=O)N1C[C@H](OC(=O)N3CCCCC3)[C@H](C)[C@@H]1c1nc(cs1)-c1nc(cs1)-c1nc(-c3nc(C(N)=O)cs3)ccc1-c1nc(cs1)C(=O)N[C@H]2CC(N)=O. The van der Waals surface area contributed by atoms with Crippen LogP contribution in [0.5, 0.6) is 5.75 Å². The lowest BCUT2D eigenvalue weighted by Crippen LogP contribution is -2.50. The van der Waals surface area contributed by atoms with Crippen molar-refractivity contribution in [3.63, 3.8) is 0 Å². The second-order valence-corrected chi connectivity index (χ2v) is 26.9. The van der Waals surface area contributed by atoms with Gasteiger partial charge < -0.3 is 52.2 Å². The third-order valence-corrected chi connectivity index (χ3v) is 20.8. The molecule has 0 aliphatic carbocycles. The van der Waals surface area contributed by atoms with E-state index >= 15 is 4.79 Å². The second kappa shape index (κ2) is 25.7. The number of hydrogen-bond donors (Lipinski definition) is 7. The van der Waals surface area contributed by atoms with Gasteiger partial charge in [-0.25, -0.2) is 39.7 Å². The van der Waals surface area contributed by atoms with Crippen molar-refractivity contribution in [1.82, 2.24) is 60.6 Å². The molecule has 10 heterocycles. The molecule has 0 radical (unpaired) electrons. The number of nitrogens with zero attached hydrogens (tertiary/aromatic N) is 9. The maximum Gasteiger partial charge on any atom is 0.410 e. The molecule has 7 amide bonds. The second-order valence-electron chi connectivity index (χ2n) is 21.3. The van der Waals surface area contributed by atoms with Crippen molar-refractivity contribution in [2.45, 2.75) is 82.3 Å². The van der Waals surface area contributed by atoms with Crippen molar-refractivity contribution < 1.29 is 48.5 Å². The van der Waals surface area contributed by atoms with Crippen molar-refractivity contribution >= 4 is 110 Å². The molecule has 12 rings (SSSR count). The van der Waals surface area contributed by atoms with Crippen LogP contribution in [0.1, 0.15) is 130 Å². The van der Waals surface area contributed by atoms with E-state index < -0.39 is 90.3 Å². The Labute approximate surface area is 531 Å². The number of likely N-dealkylation sites (tertiary alicyclic amines) is 1. The maximum absolute atomic E-state index is 15.7. The van der Waals surface area contributed by atoms with Crippen molar-refractivity contribution in [2.24, 2.45) is 17.4 Å². The number of phenolic OH excluding ortho intramolecular Hbond substituents is 1. The number of nitrogens with two attached hydrogens (primary N) is 2. The van der Waals surface area contributed by atoms with E-state index in [-0.39, 0.29) is 51.5 Å². The third kappa shape index (κ3) is 12.9. The zero-order valence-corrected chi connectivity index (χ0v) is 52.1. The van der Waals surface area contributed by atoms with Gasteiger partial charge in [0.2, 0.25) is 11.8 Å². The molecule has 2 aromatic carbocycles. The summed E-state index contributed by atoms with van der Waals surface area (Å²) in [6, 6.07) is 13.7. The number of hydrogen-bond acceptors (Lipinski definition) is 23. The Bertz CT molecular complexity index is 4170. The Morgan fingerprint density at radius 3 is 2.06 bits per heavy atom. The zero-order valence-electron chi connectivity index (χ0n) is 47.2. The van der Waals surface area contributed by atoms with Gasteiger partial charge in [0.1, 0.15) is 99.9 Å². The predicted molar refractivity (Wildman–Crippen MR) is 334 cm³/mol. The summed E-state index contributed by atoms with van der Waals surface area (Å²) >= 11 is 6.89. The van der Waals surface area contributed by atoms with Crippen LogP contribution in [0.15, 0.2) is 93.6 Å². The first-order valence-corrected chi connectivity index (χ1v) is 33.2. The third-order valence-electron chi connectivity index (χ3n) is 15.3. The predicted octanol–water partition coefficient (Wildman–Crippen LogP) is 8.02. The first-order chi connectivity index (χ1) is 42.9. The number of aromatic nitrogens is 7. The summed E-state index contributed by atoms with van der Waals surface area (Å²) < 4.78 is 6.28. The number of pyridine rings is 1. The van der Waals surface area contributed by atoms with E-state index in [1.165, 1.54) is 62.3 Å². The molecule has 9 aromatic rings. The normalized spacial score (nSPS) is 20.2. The molecule has 30 heteroatoms. The van der Waals surface area contributed by atoms with Crippen LogP contribution in [0.2, 0.25) is 0 Å². The number of benzene rings is 2. The summed E-state index contributed by atoms with van der Waals surface area (Å²) in [5.74, 6) is -4.75. The van der Waals surface area contributed by atoms with Crippen LogP contribution in [0.25, 0.3) is 43.4 Å². The smallest absolute Gasteiger partial charge is 0.410 e. The highest BCUT2D eigenvalue weighted by atomic mass is 32.1. The van der Waals surface area contributed by atoms with E-state index in [1.54, 1.807) is 76.7 Å². The van der Waals surface area contributed by atoms with Crippen LogP contribution < -0.4 is 27.4 Å². The highest BCUT2D eigenvalue weighted by molar-refractivity contribution is 7.15. The highest BCUT2D eigenvalue weighted by Gasteiger charge is 2.48. The van der Waals surface area contributed by atoms with E-state index in [0.717, 1.165) is 53.3 Å². The minimum Gasteiger partial charge on any atom is -0.508 e. The number of carbonyl (C=O) groups is 7. The number of nitrogens with one attached hydrogen (secondary N) is 3. The molecule has 0 unspecified atom stereocenters. The number of amides is 7. The Balaban J connectivity index is 0.973. The number of rotatable bonds is 9. The molecule has 7 aromatic heterocycles. The van der Waals surface area contributed by atoms with Gasteiger partial charge in [-0.1, -0.05) is 49.4 Å². The largest absolute Gasteiger partial charge is 0.508 e. The highest BCUT2D eigenvalue weighted by Crippen LogP contribution is 2.44. The fraction of sp³-hybridized carbons (Fsp3) is 0.288. The van der Waals surface area contributed by atoms with Gasteiger partial charge in [0.25, 0.3) is 23.6 Å². The van der Waals surface area contributed by atoms with Crippen molar-refractivity contribution in [3.8, 4) is 49.1 Å². The van der Waals surface area contributed by atoms with E-state index in [0.29, 0.717) is 77.5 Å². The summed E-state index contributed by atoms with van der Waals surface area (Å²) in [5.41, 5.74) is 14.2. The molecule has 3 aliphatic rings. The van der Waals surface area contributed by atoms with E-state index in [2.05, 4.69) is 30.9 Å². The quantitative estimate of drug-likeness (QED) is 0.0719. The lowest BCUT2D eigenvalue weighted by Gasteiger charge is -2.29. The topological polar surface area (TPSA) is 354 Å². The van der Waals surface area contributed by atoms with Crippen LogP contribution in [0, 0.1) is 12.8 Å². The number of ether oxygens (including phenoxy) is 1. The number of piperidine rings is 1. The number of thiazole rings is 6. The van der Waals surface area contributed by atoms with Crippen LogP contribution in [0.3, 0.4) is 0 Å². The van der Waals surface area contributed by atoms with Crippen LogP contribution in [-0.4, -0.2) is 128 Å². The summed E-state index contributed by atoms with van der Waals surface area (Å²) in [6.07, 6.45) is -0.529. The number of fused-ring (bicyclic) bond motifs is 16. The number of aromatic hydroxyl groups is 1. The fourth-order valence-electron chi connectivity index (χ4n) is 10.7. The number of aryl methyl sites for hydroxylation is 1. The van der Waals surface area contributed by atoms with Gasteiger partial charge in [-0.3, -0.25) is 28.8 Å². The summed E-state index contributed by atoms with van der Waals surface area (Å²) in [4.78, 5) is 135. The zero-order chi connectivity index (χ0) is 62.2. The molecule has 2 fully saturated rings. The Kier molecular flexibility index (Phi) is 17.5. The molecular weight excluding hydrogens is 1260 g/mol. The Morgan fingerprint density at radius 2 is 1.31 bits per heavy atom. The number of aliphatic hydroxyl groups is 1. The molecule has 456 valence electrons. The van der Waals surface area contributed by atoms with Gasteiger partial charge in [-0.2, -0.15) is 0 Å². The Morgan fingerprint density at radius 1 is 0.663 bits per heavy atom. The average Bonchev–Trinajstić information content (AvgIpc) is 2.23. The van der Waals surface area contributed by atoms with Crippen LogP contribution in [0.4, 0.5) is 4.79 Å². The molecule has 9 N–H and O–H groups in total. The summed E-state index contributed by atoms with van der Waals surface area (Å²) in [7, 11) is 0.